The Labute approximate surface area is 201 Å². The highest BCUT2D eigenvalue weighted by Crippen LogP contribution is 2.41. The van der Waals surface area contributed by atoms with Crippen molar-refractivity contribution in [1.29, 1.82) is 0 Å². The molecule has 3 rings (SSSR count). The number of benzene rings is 2. The van der Waals surface area contributed by atoms with Crippen LogP contribution in [0.3, 0.4) is 0 Å². The molecule has 0 amide bonds. The molecule has 5 heteroatoms. The molecule has 2 aromatic rings. The van der Waals surface area contributed by atoms with Gasteiger partial charge in [0.05, 0.1) is 11.7 Å². The maximum Gasteiger partial charge on any atom is 0.386 e. The Kier molecular flexibility index (Phi) is 9.58. The van der Waals surface area contributed by atoms with E-state index in [-0.39, 0.29) is 11.5 Å². The number of hydrogen-bond acceptors (Lipinski definition) is 1. The highest BCUT2D eigenvalue weighted by molar-refractivity contribution is 5.30. The Balaban J connectivity index is 1.64. The summed E-state index contributed by atoms with van der Waals surface area (Å²) in [7, 11) is 0. The second kappa shape index (κ2) is 12.2. The van der Waals surface area contributed by atoms with Gasteiger partial charge in [-0.25, -0.2) is 8.78 Å². The Bertz CT molecular complexity index is 918. The molecule has 1 nitrogen and oxygen atoms in total. The largest absolute Gasteiger partial charge is 0.386 e. The predicted octanol–water partition coefficient (Wildman–Crippen LogP) is 9.60. The summed E-state index contributed by atoms with van der Waals surface area (Å²) in [6.45, 7) is 5.54. The first-order valence-electron chi connectivity index (χ1n) is 12.9. The van der Waals surface area contributed by atoms with Crippen molar-refractivity contribution in [2.75, 3.05) is 0 Å². The molecule has 1 unspecified atom stereocenters. The van der Waals surface area contributed by atoms with E-state index in [0.717, 1.165) is 55.2 Å². The minimum absolute atomic E-state index is 0.0345. The zero-order valence-corrected chi connectivity index (χ0v) is 20.7. The third-order valence-corrected chi connectivity index (χ3v) is 7.21. The van der Waals surface area contributed by atoms with E-state index in [9.17, 15) is 17.6 Å². The highest BCUT2D eigenvalue weighted by Gasteiger charge is 2.39. The van der Waals surface area contributed by atoms with Crippen LogP contribution in [0.4, 0.5) is 17.6 Å². The van der Waals surface area contributed by atoms with Gasteiger partial charge in [0, 0.05) is 5.56 Å². The number of unbranched alkanes of at least 4 members (excludes halogenated alkanes) is 2. The van der Waals surface area contributed by atoms with Gasteiger partial charge in [0.2, 0.25) is 0 Å². The first kappa shape index (κ1) is 26.7. The molecule has 0 aliphatic heterocycles. The molecule has 188 valence electrons. The zero-order chi connectivity index (χ0) is 24.7. The van der Waals surface area contributed by atoms with Gasteiger partial charge in [-0.3, -0.25) is 0 Å². The molecule has 1 aliphatic carbocycles. The third-order valence-electron chi connectivity index (χ3n) is 7.21. The van der Waals surface area contributed by atoms with E-state index in [4.69, 9.17) is 4.74 Å². The fourth-order valence-corrected chi connectivity index (χ4v) is 5.18. The molecule has 2 aromatic carbocycles. The number of rotatable bonds is 11. The summed E-state index contributed by atoms with van der Waals surface area (Å²) in [5, 5.41) is 0. The van der Waals surface area contributed by atoms with Crippen LogP contribution in [-0.4, -0.2) is 0 Å². The van der Waals surface area contributed by atoms with Gasteiger partial charge in [-0.15, -0.1) is 0 Å². The quantitative estimate of drug-likeness (QED) is 0.231. The van der Waals surface area contributed by atoms with Gasteiger partial charge in [0.1, 0.15) is 11.6 Å². The van der Waals surface area contributed by atoms with Gasteiger partial charge in [-0.2, -0.15) is 8.78 Å². The van der Waals surface area contributed by atoms with Crippen LogP contribution < -0.4 is 0 Å². The van der Waals surface area contributed by atoms with Crippen LogP contribution in [0.2, 0.25) is 0 Å². The lowest BCUT2D eigenvalue weighted by molar-refractivity contribution is -0.273. The minimum Gasteiger partial charge on any atom is -0.308 e. The lowest BCUT2D eigenvalue weighted by Gasteiger charge is -2.29. The molecule has 0 spiro atoms. The van der Waals surface area contributed by atoms with Crippen LogP contribution in [0.1, 0.15) is 113 Å². The molecule has 0 aromatic heterocycles. The van der Waals surface area contributed by atoms with Crippen molar-refractivity contribution in [3.05, 3.63) is 70.3 Å². The summed E-state index contributed by atoms with van der Waals surface area (Å²) < 4.78 is 63.9. The van der Waals surface area contributed by atoms with Crippen LogP contribution >= 0.6 is 0 Å². The Hall–Kier alpha value is -1.88. The van der Waals surface area contributed by atoms with E-state index < -0.39 is 29.4 Å². The molecule has 1 saturated carbocycles. The smallest absolute Gasteiger partial charge is 0.308 e. The molecular weight excluding hydrogens is 440 g/mol. The molecule has 1 aliphatic rings. The minimum atomic E-state index is -3.87. The van der Waals surface area contributed by atoms with Crippen LogP contribution in [0, 0.1) is 17.6 Å². The Morgan fingerprint density at radius 3 is 2.26 bits per heavy atom. The van der Waals surface area contributed by atoms with Crippen LogP contribution in [-0.2, 0) is 17.3 Å². The normalized spacial score (nSPS) is 19.9. The van der Waals surface area contributed by atoms with Crippen molar-refractivity contribution in [3.63, 3.8) is 0 Å². The van der Waals surface area contributed by atoms with Crippen molar-refractivity contribution in [2.24, 2.45) is 5.92 Å². The number of alkyl halides is 2. The van der Waals surface area contributed by atoms with Crippen molar-refractivity contribution >= 4 is 0 Å². The SMILES string of the molecule is CCCCCC1CCC(c2ccc(C(F)(F)OC(C)c3ccc(CCC)cc3F)c(F)c2)CC1. The summed E-state index contributed by atoms with van der Waals surface area (Å²) in [5.41, 5.74) is 0.806. The summed E-state index contributed by atoms with van der Waals surface area (Å²) in [6.07, 6.45) is 5.60. The maximum absolute atomic E-state index is 14.9. The van der Waals surface area contributed by atoms with Gasteiger partial charge in [0.15, 0.2) is 0 Å². The molecule has 0 heterocycles. The van der Waals surface area contributed by atoms with E-state index in [0.29, 0.717) is 6.42 Å². The number of halogens is 4. The average Bonchev–Trinajstić information content (AvgIpc) is 2.79. The number of hydrogen-bond donors (Lipinski definition) is 0. The summed E-state index contributed by atoms with van der Waals surface area (Å²) in [6, 6.07) is 8.51. The van der Waals surface area contributed by atoms with E-state index in [1.165, 1.54) is 50.8 Å². The fourth-order valence-electron chi connectivity index (χ4n) is 5.18. The Morgan fingerprint density at radius 2 is 1.65 bits per heavy atom. The number of aryl methyl sites for hydroxylation is 1. The Morgan fingerprint density at radius 1 is 0.912 bits per heavy atom. The van der Waals surface area contributed by atoms with Crippen molar-refractivity contribution < 1.29 is 22.3 Å². The van der Waals surface area contributed by atoms with E-state index >= 15 is 0 Å². The first-order chi connectivity index (χ1) is 16.2. The van der Waals surface area contributed by atoms with E-state index in [1.54, 1.807) is 12.1 Å². The average molecular weight is 479 g/mol. The van der Waals surface area contributed by atoms with Gasteiger partial charge in [-0.1, -0.05) is 64.2 Å². The van der Waals surface area contributed by atoms with E-state index in [1.807, 2.05) is 6.92 Å². The van der Waals surface area contributed by atoms with Crippen LogP contribution in [0.25, 0.3) is 0 Å². The maximum atomic E-state index is 14.9. The topological polar surface area (TPSA) is 9.23 Å². The second-order valence-electron chi connectivity index (χ2n) is 9.84. The molecule has 0 saturated heterocycles. The molecule has 0 radical (unpaired) electrons. The van der Waals surface area contributed by atoms with Gasteiger partial charge in [-0.05, 0) is 80.2 Å². The zero-order valence-electron chi connectivity index (χ0n) is 20.7. The second-order valence-corrected chi connectivity index (χ2v) is 9.84. The van der Waals surface area contributed by atoms with Crippen LogP contribution in [0.15, 0.2) is 36.4 Å². The first-order valence-corrected chi connectivity index (χ1v) is 12.9. The summed E-state index contributed by atoms with van der Waals surface area (Å²) >= 11 is 0. The van der Waals surface area contributed by atoms with Gasteiger partial charge < -0.3 is 4.74 Å². The number of ether oxygens (including phenoxy) is 1. The van der Waals surface area contributed by atoms with Crippen molar-refractivity contribution in [1.82, 2.24) is 0 Å². The van der Waals surface area contributed by atoms with Gasteiger partial charge >= 0.3 is 6.11 Å². The van der Waals surface area contributed by atoms with Gasteiger partial charge in [0.25, 0.3) is 0 Å². The van der Waals surface area contributed by atoms with Crippen molar-refractivity contribution in [3.8, 4) is 0 Å². The molecule has 1 fully saturated rings. The summed E-state index contributed by atoms with van der Waals surface area (Å²) in [5.74, 6) is -0.633. The lowest BCUT2D eigenvalue weighted by atomic mass is 9.77. The van der Waals surface area contributed by atoms with E-state index in [2.05, 4.69) is 6.92 Å². The molecule has 0 N–H and O–H groups in total. The standard InChI is InChI=1S/C29H38F4O/c1-4-6-7-9-21-10-13-23(14-11-21)24-15-17-26(28(31)19-24)29(32,33)34-20(3)25-16-12-22(8-5-2)18-27(25)30/h12,15-21,23H,4-11,13-14H2,1-3H3. The molecule has 1 atom stereocenters. The summed E-state index contributed by atoms with van der Waals surface area (Å²) in [4.78, 5) is 0. The fraction of sp³-hybridized carbons (Fsp3) is 0.586. The predicted molar refractivity (Wildman–Crippen MR) is 129 cm³/mol. The lowest BCUT2D eigenvalue weighted by Crippen LogP contribution is -2.23. The third kappa shape index (κ3) is 6.84. The van der Waals surface area contributed by atoms with Crippen molar-refractivity contribution in [2.45, 2.75) is 103 Å². The molecule has 34 heavy (non-hydrogen) atoms. The monoisotopic (exact) mass is 478 g/mol. The highest BCUT2D eigenvalue weighted by atomic mass is 19.3. The van der Waals surface area contributed by atoms with Crippen LogP contribution in [0.5, 0.6) is 0 Å². The molecular formula is C29H38F4O. The molecule has 0 bridgehead atoms.